The van der Waals surface area contributed by atoms with Crippen molar-refractivity contribution in [2.75, 3.05) is 13.7 Å². The first-order valence-electron chi connectivity index (χ1n) is 5.83. The fraction of sp³-hybridized carbons (Fsp3) is 0.154. The molecule has 0 atom stereocenters. The Balaban J connectivity index is 2.28. The molecule has 1 aliphatic heterocycles. The standard InChI is InChI=1S/C13H9Br2NO5S/c1-21-10(17)5-16-12(19)9(22-13(16)20)4-6-2-7(14)11(18)8(15)3-6/h2-4,18H,5H2,1H3/b9-4-. The van der Waals surface area contributed by atoms with Crippen LogP contribution in [0.25, 0.3) is 6.08 Å². The highest BCUT2D eigenvalue weighted by Gasteiger charge is 2.36. The maximum absolute atomic E-state index is 12.1. The van der Waals surface area contributed by atoms with Crippen molar-refractivity contribution in [3.05, 3.63) is 31.5 Å². The summed E-state index contributed by atoms with van der Waals surface area (Å²) in [4.78, 5) is 36.2. The summed E-state index contributed by atoms with van der Waals surface area (Å²) in [7, 11) is 1.18. The lowest BCUT2D eigenvalue weighted by Crippen LogP contribution is -2.34. The topological polar surface area (TPSA) is 83.9 Å². The Morgan fingerprint density at radius 2 is 1.95 bits per heavy atom. The second-order valence-electron chi connectivity index (χ2n) is 4.18. The minimum absolute atomic E-state index is 0.0379. The number of imide groups is 1. The first-order valence-corrected chi connectivity index (χ1v) is 8.24. The Morgan fingerprint density at radius 3 is 2.50 bits per heavy atom. The van der Waals surface area contributed by atoms with E-state index < -0.39 is 23.7 Å². The van der Waals surface area contributed by atoms with Gasteiger partial charge >= 0.3 is 5.97 Å². The second kappa shape index (κ2) is 6.84. The predicted octanol–water partition coefficient (Wildman–Crippen LogP) is 3.13. The summed E-state index contributed by atoms with van der Waals surface area (Å²) < 4.78 is 5.35. The van der Waals surface area contributed by atoms with Gasteiger partial charge in [0.2, 0.25) is 0 Å². The lowest BCUT2D eigenvalue weighted by Gasteiger charge is -2.09. The summed E-state index contributed by atoms with van der Waals surface area (Å²) in [6.45, 7) is -0.415. The number of carbonyl (C=O) groups excluding carboxylic acids is 3. The van der Waals surface area contributed by atoms with E-state index in [4.69, 9.17) is 0 Å². The highest BCUT2D eigenvalue weighted by atomic mass is 79.9. The molecular weight excluding hydrogens is 442 g/mol. The molecule has 1 heterocycles. The Bertz CT molecular complexity index is 681. The number of amides is 2. The zero-order valence-corrected chi connectivity index (χ0v) is 15.1. The normalized spacial score (nSPS) is 16.5. The average molecular weight is 451 g/mol. The van der Waals surface area contributed by atoms with Crippen LogP contribution < -0.4 is 0 Å². The van der Waals surface area contributed by atoms with Gasteiger partial charge in [-0.15, -0.1) is 0 Å². The molecule has 2 rings (SSSR count). The van der Waals surface area contributed by atoms with Crippen LogP contribution in [0, 0.1) is 0 Å². The number of carbonyl (C=O) groups is 3. The Labute approximate surface area is 146 Å². The van der Waals surface area contributed by atoms with Gasteiger partial charge in [-0.2, -0.15) is 0 Å². The number of benzene rings is 1. The second-order valence-corrected chi connectivity index (χ2v) is 6.88. The molecule has 1 aromatic rings. The van der Waals surface area contributed by atoms with Crippen molar-refractivity contribution in [2.45, 2.75) is 0 Å². The number of esters is 1. The van der Waals surface area contributed by atoms with Gasteiger partial charge in [-0.25, -0.2) is 0 Å². The molecule has 1 aliphatic rings. The largest absolute Gasteiger partial charge is 0.506 e. The maximum Gasteiger partial charge on any atom is 0.325 e. The molecular formula is C13H9Br2NO5S. The van der Waals surface area contributed by atoms with Gasteiger partial charge in [0.05, 0.1) is 21.0 Å². The summed E-state index contributed by atoms with van der Waals surface area (Å²) in [5.41, 5.74) is 0.611. The molecule has 9 heteroatoms. The summed E-state index contributed by atoms with van der Waals surface area (Å²) in [5, 5.41) is 9.12. The number of halogens is 2. The molecule has 1 aromatic carbocycles. The van der Waals surface area contributed by atoms with Crippen molar-refractivity contribution in [3.63, 3.8) is 0 Å². The fourth-order valence-corrected chi connectivity index (χ4v) is 3.71. The molecule has 1 fully saturated rings. The van der Waals surface area contributed by atoms with E-state index >= 15 is 0 Å². The van der Waals surface area contributed by atoms with E-state index in [0.29, 0.717) is 14.5 Å². The van der Waals surface area contributed by atoms with E-state index in [1.807, 2.05) is 0 Å². The average Bonchev–Trinajstić information content (AvgIpc) is 2.72. The number of hydrogen-bond donors (Lipinski definition) is 1. The fourth-order valence-electron chi connectivity index (χ4n) is 1.65. The number of hydrogen-bond acceptors (Lipinski definition) is 6. The lowest BCUT2D eigenvalue weighted by atomic mass is 10.2. The summed E-state index contributed by atoms with van der Waals surface area (Å²) >= 11 is 7.12. The van der Waals surface area contributed by atoms with Gasteiger partial charge in [-0.05, 0) is 67.4 Å². The minimum atomic E-state index is -0.668. The first kappa shape index (κ1) is 17.0. The van der Waals surface area contributed by atoms with Crippen LogP contribution >= 0.6 is 43.6 Å². The first-order chi connectivity index (χ1) is 10.3. The third-order valence-electron chi connectivity index (χ3n) is 2.73. The van der Waals surface area contributed by atoms with Crippen molar-refractivity contribution < 1.29 is 24.2 Å². The van der Waals surface area contributed by atoms with Gasteiger partial charge in [0.15, 0.2) is 0 Å². The summed E-state index contributed by atoms with van der Waals surface area (Å²) in [5.74, 6) is -1.18. The van der Waals surface area contributed by atoms with Crippen LogP contribution in [0.1, 0.15) is 5.56 Å². The number of thioether (sulfide) groups is 1. The highest BCUT2D eigenvalue weighted by molar-refractivity contribution is 9.11. The van der Waals surface area contributed by atoms with Crippen LogP contribution in [0.4, 0.5) is 4.79 Å². The van der Waals surface area contributed by atoms with Crippen molar-refractivity contribution in [3.8, 4) is 5.75 Å². The molecule has 0 spiro atoms. The van der Waals surface area contributed by atoms with Crippen molar-refractivity contribution in [1.82, 2.24) is 4.90 Å². The number of methoxy groups -OCH3 is 1. The molecule has 0 saturated carbocycles. The minimum Gasteiger partial charge on any atom is -0.506 e. The lowest BCUT2D eigenvalue weighted by molar-refractivity contribution is -0.143. The molecule has 116 valence electrons. The van der Waals surface area contributed by atoms with E-state index in [9.17, 15) is 19.5 Å². The van der Waals surface area contributed by atoms with E-state index in [2.05, 4.69) is 36.6 Å². The molecule has 0 bridgehead atoms. The van der Waals surface area contributed by atoms with Crippen molar-refractivity contribution in [2.24, 2.45) is 0 Å². The summed E-state index contributed by atoms with van der Waals surface area (Å²) in [6, 6.07) is 3.21. The third kappa shape index (κ3) is 3.53. The molecule has 2 amide bonds. The molecule has 1 saturated heterocycles. The molecule has 22 heavy (non-hydrogen) atoms. The van der Waals surface area contributed by atoms with Gasteiger partial charge in [-0.1, -0.05) is 0 Å². The van der Waals surface area contributed by atoms with Crippen LogP contribution in [0.5, 0.6) is 5.75 Å². The van der Waals surface area contributed by atoms with Gasteiger partial charge in [0, 0.05) is 0 Å². The Kier molecular flexibility index (Phi) is 5.30. The zero-order valence-electron chi connectivity index (χ0n) is 11.1. The third-order valence-corrected chi connectivity index (χ3v) is 4.84. The van der Waals surface area contributed by atoms with Crippen LogP contribution in [0.3, 0.4) is 0 Å². The van der Waals surface area contributed by atoms with Crippen LogP contribution in [-0.4, -0.2) is 40.8 Å². The number of phenolic OH excluding ortho intramolecular Hbond substituents is 1. The molecule has 0 unspecified atom stereocenters. The smallest absolute Gasteiger partial charge is 0.325 e. The number of rotatable bonds is 3. The van der Waals surface area contributed by atoms with Crippen LogP contribution in [-0.2, 0) is 14.3 Å². The number of ether oxygens (including phenoxy) is 1. The molecule has 0 aromatic heterocycles. The molecule has 6 nitrogen and oxygen atoms in total. The van der Waals surface area contributed by atoms with E-state index in [1.165, 1.54) is 13.2 Å². The number of aromatic hydroxyl groups is 1. The van der Waals surface area contributed by atoms with E-state index in [-0.39, 0.29) is 10.7 Å². The molecule has 1 N–H and O–H groups in total. The van der Waals surface area contributed by atoms with E-state index in [1.54, 1.807) is 12.1 Å². The predicted molar refractivity (Wildman–Crippen MR) is 88.2 cm³/mol. The van der Waals surface area contributed by atoms with E-state index in [0.717, 1.165) is 16.7 Å². The van der Waals surface area contributed by atoms with Gasteiger partial charge in [-0.3, -0.25) is 19.3 Å². The molecule has 0 aliphatic carbocycles. The van der Waals surface area contributed by atoms with Crippen molar-refractivity contribution in [1.29, 1.82) is 0 Å². The number of nitrogens with zero attached hydrogens (tertiary/aromatic N) is 1. The van der Waals surface area contributed by atoms with Crippen LogP contribution in [0.15, 0.2) is 26.0 Å². The molecule has 0 radical (unpaired) electrons. The quantitative estimate of drug-likeness (QED) is 0.562. The Morgan fingerprint density at radius 1 is 1.36 bits per heavy atom. The maximum atomic E-state index is 12.1. The summed E-state index contributed by atoms with van der Waals surface area (Å²) in [6.07, 6.45) is 1.51. The van der Waals surface area contributed by atoms with Gasteiger partial charge in [0.1, 0.15) is 12.3 Å². The monoisotopic (exact) mass is 449 g/mol. The zero-order chi connectivity index (χ0) is 16.4. The van der Waals surface area contributed by atoms with Gasteiger partial charge < -0.3 is 9.84 Å². The van der Waals surface area contributed by atoms with Gasteiger partial charge in [0.25, 0.3) is 11.1 Å². The van der Waals surface area contributed by atoms with Crippen LogP contribution in [0.2, 0.25) is 0 Å². The van der Waals surface area contributed by atoms with Crippen molar-refractivity contribution >= 4 is 66.8 Å². The SMILES string of the molecule is COC(=O)CN1C(=O)S/C(=C\c2cc(Br)c(O)c(Br)c2)C1=O. The highest BCUT2D eigenvalue weighted by Crippen LogP contribution is 2.36. The Hall–Kier alpha value is -1.32. The number of phenols is 1.